The number of methoxy groups -OCH3 is 2. The van der Waals surface area contributed by atoms with E-state index in [0.717, 1.165) is 5.56 Å². The summed E-state index contributed by atoms with van der Waals surface area (Å²) in [7, 11) is -0.652. The van der Waals surface area contributed by atoms with Gasteiger partial charge in [0.25, 0.3) is 10.0 Å². The normalized spacial score (nSPS) is 11.5. The second kappa shape index (κ2) is 7.67. The van der Waals surface area contributed by atoms with E-state index in [1.807, 2.05) is 6.92 Å². The molecule has 1 N–H and O–H groups in total. The Morgan fingerprint density at radius 2 is 1.67 bits per heavy atom. The van der Waals surface area contributed by atoms with Gasteiger partial charge in [0.15, 0.2) is 11.5 Å². The molecule has 2 rings (SSSR count). The van der Waals surface area contributed by atoms with Gasteiger partial charge in [-0.2, -0.15) is 13.5 Å². The predicted octanol–water partition coefficient (Wildman–Crippen LogP) is 3.09. The Labute approximate surface area is 149 Å². The van der Waals surface area contributed by atoms with Gasteiger partial charge in [0.2, 0.25) is 0 Å². The van der Waals surface area contributed by atoms with Gasteiger partial charge in [-0.05, 0) is 47.1 Å². The SMILES string of the molecule is COc1cc(Br)c(/C=N\NS(=O)(=O)c2ccc(C)cc2)cc1OC. The van der Waals surface area contributed by atoms with E-state index in [-0.39, 0.29) is 4.90 Å². The minimum atomic E-state index is -3.71. The van der Waals surface area contributed by atoms with E-state index >= 15 is 0 Å². The van der Waals surface area contributed by atoms with Crippen LogP contribution in [0, 0.1) is 6.92 Å². The summed E-state index contributed by atoms with van der Waals surface area (Å²) in [5, 5.41) is 3.81. The van der Waals surface area contributed by atoms with Gasteiger partial charge in [-0.15, -0.1) is 0 Å². The summed E-state index contributed by atoms with van der Waals surface area (Å²) in [6.45, 7) is 1.89. The van der Waals surface area contributed by atoms with Crippen molar-refractivity contribution in [2.45, 2.75) is 11.8 Å². The fraction of sp³-hybridized carbons (Fsp3) is 0.188. The largest absolute Gasteiger partial charge is 0.493 e. The van der Waals surface area contributed by atoms with Crippen molar-refractivity contribution in [3.05, 3.63) is 52.0 Å². The van der Waals surface area contributed by atoms with E-state index < -0.39 is 10.0 Å². The highest BCUT2D eigenvalue weighted by atomic mass is 79.9. The third-order valence-electron chi connectivity index (χ3n) is 3.21. The average Bonchev–Trinajstić information content (AvgIpc) is 2.56. The average molecular weight is 413 g/mol. The number of hydrogen-bond donors (Lipinski definition) is 1. The summed E-state index contributed by atoms with van der Waals surface area (Å²) in [6.07, 6.45) is 1.39. The van der Waals surface area contributed by atoms with Crippen LogP contribution in [0.4, 0.5) is 0 Å². The minimum absolute atomic E-state index is 0.150. The van der Waals surface area contributed by atoms with Crippen molar-refractivity contribution in [3.63, 3.8) is 0 Å². The van der Waals surface area contributed by atoms with Gasteiger partial charge < -0.3 is 9.47 Å². The smallest absolute Gasteiger partial charge is 0.276 e. The molecule has 0 saturated carbocycles. The molecular weight excluding hydrogens is 396 g/mol. The fourth-order valence-electron chi connectivity index (χ4n) is 1.90. The van der Waals surface area contributed by atoms with Crippen LogP contribution in [0.3, 0.4) is 0 Å². The van der Waals surface area contributed by atoms with Gasteiger partial charge in [-0.25, -0.2) is 4.83 Å². The van der Waals surface area contributed by atoms with Gasteiger partial charge in [0.05, 0.1) is 25.3 Å². The van der Waals surface area contributed by atoms with E-state index in [1.165, 1.54) is 32.6 Å². The lowest BCUT2D eigenvalue weighted by molar-refractivity contribution is 0.354. The molecule has 2 aromatic carbocycles. The monoisotopic (exact) mass is 412 g/mol. The zero-order valence-corrected chi connectivity index (χ0v) is 15.8. The Morgan fingerprint density at radius 3 is 2.25 bits per heavy atom. The summed E-state index contributed by atoms with van der Waals surface area (Å²) >= 11 is 3.38. The lowest BCUT2D eigenvalue weighted by Gasteiger charge is -2.09. The lowest BCUT2D eigenvalue weighted by atomic mass is 10.2. The molecule has 0 atom stereocenters. The number of nitrogens with zero attached hydrogens (tertiary/aromatic N) is 1. The highest BCUT2D eigenvalue weighted by molar-refractivity contribution is 9.10. The first-order chi connectivity index (χ1) is 11.4. The van der Waals surface area contributed by atoms with Crippen molar-refractivity contribution >= 4 is 32.2 Å². The number of sulfonamides is 1. The van der Waals surface area contributed by atoms with Crippen LogP contribution in [0.25, 0.3) is 0 Å². The zero-order valence-electron chi connectivity index (χ0n) is 13.4. The van der Waals surface area contributed by atoms with E-state index in [0.29, 0.717) is 21.5 Å². The van der Waals surface area contributed by atoms with Crippen molar-refractivity contribution in [3.8, 4) is 11.5 Å². The molecule has 0 bridgehead atoms. The number of ether oxygens (including phenoxy) is 2. The number of aryl methyl sites for hydroxylation is 1. The van der Waals surface area contributed by atoms with Crippen LogP contribution in [0.1, 0.15) is 11.1 Å². The van der Waals surface area contributed by atoms with E-state index in [1.54, 1.807) is 24.3 Å². The van der Waals surface area contributed by atoms with Crippen LogP contribution in [0.2, 0.25) is 0 Å². The summed E-state index contributed by atoms with van der Waals surface area (Å²) in [5.74, 6) is 1.07. The van der Waals surface area contributed by atoms with E-state index in [9.17, 15) is 8.42 Å². The molecule has 0 spiro atoms. The molecule has 0 fully saturated rings. The standard InChI is InChI=1S/C16H17BrN2O4S/c1-11-4-6-13(7-5-11)24(20,21)19-18-10-12-8-15(22-2)16(23-3)9-14(12)17/h4-10,19H,1-3H3/b18-10-. The van der Waals surface area contributed by atoms with Crippen LogP contribution in [-0.2, 0) is 10.0 Å². The molecule has 6 nitrogen and oxygen atoms in total. The topological polar surface area (TPSA) is 77.0 Å². The number of hydrogen-bond acceptors (Lipinski definition) is 5. The molecule has 0 saturated heterocycles. The summed E-state index contributed by atoms with van der Waals surface area (Å²) in [5.41, 5.74) is 1.62. The minimum Gasteiger partial charge on any atom is -0.493 e. The van der Waals surface area contributed by atoms with Gasteiger partial charge in [-0.3, -0.25) is 0 Å². The van der Waals surface area contributed by atoms with Crippen molar-refractivity contribution < 1.29 is 17.9 Å². The first-order valence-electron chi connectivity index (χ1n) is 6.90. The zero-order chi connectivity index (χ0) is 17.7. The third kappa shape index (κ3) is 4.27. The van der Waals surface area contributed by atoms with Gasteiger partial charge in [0, 0.05) is 10.0 Å². The highest BCUT2D eigenvalue weighted by Gasteiger charge is 2.12. The Kier molecular flexibility index (Phi) is 5.84. The second-order valence-electron chi connectivity index (χ2n) is 4.89. The molecular formula is C16H17BrN2O4S. The van der Waals surface area contributed by atoms with Crippen molar-refractivity contribution in [1.29, 1.82) is 0 Å². The number of halogens is 1. The third-order valence-corrected chi connectivity index (χ3v) is 5.14. The molecule has 0 heterocycles. The number of benzene rings is 2. The molecule has 0 aromatic heterocycles. The maximum absolute atomic E-state index is 12.2. The van der Waals surface area contributed by atoms with Crippen molar-refractivity contribution in [1.82, 2.24) is 4.83 Å². The Bertz CT molecular complexity index is 849. The molecule has 24 heavy (non-hydrogen) atoms. The Morgan fingerprint density at radius 1 is 1.08 bits per heavy atom. The van der Waals surface area contributed by atoms with Crippen LogP contribution in [0.15, 0.2) is 50.9 Å². The molecule has 0 unspecified atom stereocenters. The van der Waals surface area contributed by atoms with E-state index in [2.05, 4.69) is 25.9 Å². The van der Waals surface area contributed by atoms with E-state index in [4.69, 9.17) is 9.47 Å². The second-order valence-corrected chi connectivity index (χ2v) is 7.41. The first kappa shape index (κ1) is 18.3. The van der Waals surface area contributed by atoms with Crippen molar-refractivity contribution in [2.24, 2.45) is 5.10 Å². The summed E-state index contributed by atoms with van der Waals surface area (Å²) < 4.78 is 35.4. The highest BCUT2D eigenvalue weighted by Crippen LogP contribution is 2.32. The molecule has 0 aliphatic carbocycles. The lowest BCUT2D eigenvalue weighted by Crippen LogP contribution is -2.18. The van der Waals surface area contributed by atoms with Gasteiger partial charge in [-0.1, -0.05) is 17.7 Å². The van der Waals surface area contributed by atoms with Crippen LogP contribution in [-0.4, -0.2) is 28.9 Å². The fourth-order valence-corrected chi connectivity index (χ4v) is 3.12. The predicted molar refractivity (Wildman–Crippen MR) is 96.3 cm³/mol. The van der Waals surface area contributed by atoms with Gasteiger partial charge in [0.1, 0.15) is 0 Å². The van der Waals surface area contributed by atoms with Gasteiger partial charge >= 0.3 is 0 Å². The summed E-state index contributed by atoms with van der Waals surface area (Å²) in [6, 6.07) is 9.91. The summed E-state index contributed by atoms with van der Waals surface area (Å²) in [4.78, 5) is 2.33. The molecule has 2 aromatic rings. The molecule has 8 heteroatoms. The van der Waals surface area contributed by atoms with Crippen LogP contribution in [0.5, 0.6) is 11.5 Å². The molecule has 0 amide bonds. The first-order valence-corrected chi connectivity index (χ1v) is 9.18. The number of hydrazone groups is 1. The molecule has 0 aliphatic heterocycles. The number of rotatable bonds is 6. The Balaban J connectivity index is 2.21. The maximum Gasteiger partial charge on any atom is 0.276 e. The Hall–Kier alpha value is -2.06. The quantitative estimate of drug-likeness (QED) is 0.583. The molecule has 128 valence electrons. The number of nitrogens with one attached hydrogen (secondary N) is 1. The van der Waals surface area contributed by atoms with Crippen LogP contribution < -0.4 is 14.3 Å². The van der Waals surface area contributed by atoms with Crippen molar-refractivity contribution in [2.75, 3.05) is 14.2 Å². The maximum atomic E-state index is 12.2. The van der Waals surface area contributed by atoms with Crippen LogP contribution >= 0.6 is 15.9 Å². The molecule has 0 aliphatic rings. The molecule has 0 radical (unpaired) electrons.